The van der Waals surface area contributed by atoms with Gasteiger partial charge in [-0.1, -0.05) is 13.8 Å². The van der Waals surface area contributed by atoms with Crippen molar-refractivity contribution in [1.82, 2.24) is 24.7 Å². The Labute approximate surface area is 165 Å². The van der Waals surface area contributed by atoms with Crippen molar-refractivity contribution in [2.24, 2.45) is 0 Å². The standard InChI is InChI=1S/C20H20N6O3/c1-11(2)15-9-17(25-24-15)23-20(28)26-7-6-13-8-14(4-5-16(13)26)29-19-10-18(27)21-12(3)22-19/h4-11H,1-3H3,(H,21,22,27)(H2,23,24,25,28). The van der Waals surface area contributed by atoms with E-state index in [1.54, 1.807) is 31.3 Å². The van der Waals surface area contributed by atoms with E-state index in [1.165, 1.54) is 10.6 Å². The van der Waals surface area contributed by atoms with Crippen molar-refractivity contribution in [3.8, 4) is 11.6 Å². The van der Waals surface area contributed by atoms with E-state index in [0.717, 1.165) is 11.1 Å². The van der Waals surface area contributed by atoms with Gasteiger partial charge in [-0.3, -0.25) is 19.8 Å². The van der Waals surface area contributed by atoms with Crippen molar-refractivity contribution in [3.63, 3.8) is 0 Å². The van der Waals surface area contributed by atoms with Crippen LogP contribution in [0.25, 0.3) is 10.9 Å². The second-order valence-corrected chi connectivity index (χ2v) is 6.97. The van der Waals surface area contributed by atoms with Crippen LogP contribution < -0.4 is 15.6 Å². The molecule has 3 heterocycles. The first kappa shape index (κ1) is 18.5. The summed E-state index contributed by atoms with van der Waals surface area (Å²) >= 11 is 0. The first-order chi connectivity index (χ1) is 13.9. The van der Waals surface area contributed by atoms with Crippen LogP contribution in [0.3, 0.4) is 0 Å². The first-order valence-corrected chi connectivity index (χ1v) is 9.12. The summed E-state index contributed by atoms with van der Waals surface area (Å²) in [4.78, 5) is 30.9. The van der Waals surface area contributed by atoms with Gasteiger partial charge in [-0.15, -0.1) is 0 Å². The third-order valence-electron chi connectivity index (χ3n) is 4.39. The Hall–Kier alpha value is -3.88. The Morgan fingerprint density at radius 3 is 2.76 bits per heavy atom. The summed E-state index contributed by atoms with van der Waals surface area (Å²) in [7, 11) is 0. The second-order valence-electron chi connectivity index (χ2n) is 6.97. The van der Waals surface area contributed by atoms with Gasteiger partial charge in [-0.25, -0.2) is 9.78 Å². The van der Waals surface area contributed by atoms with Crippen LogP contribution in [0.4, 0.5) is 10.6 Å². The smallest absolute Gasteiger partial charge is 0.331 e. The molecule has 0 aliphatic carbocycles. The first-order valence-electron chi connectivity index (χ1n) is 9.12. The molecule has 0 unspecified atom stereocenters. The summed E-state index contributed by atoms with van der Waals surface area (Å²) in [6.45, 7) is 5.76. The SMILES string of the molecule is Cc1nc(Oc2ccc3c(ccn3C(=O)Nc3cc(C(C)C)[nH]n3)c2)cc(=O)[nH]1. The number of H-pyrrole nitrogens is 2. The lowest BCUT2D eigenvalue weighted by molar-refractivity contribution is 0.254. The Morgan fingerprint density at radius 2 is 2.03 bits per heavy atom. The van der Waals surface area contributed by atoms with Crippen molar-refractivity contribution in [1.29, 1.82) is 0 Å². The third kappa shape index (κ3) is 3.88. The Balaban J connectivity index is 1.55. The lowest BCUT2D eigenvalue weighted by Gasteiger charge is -2.07. The van der Waals surface area contributed by atoms with E-state index in [2.05, 4.69) is 25.5 Å². The summed E-state index contributed by atoms with van der Waals surface area (Å²) in [6, 6.07) is 9.86. The van der Waals surface area contributed by atoms with Crippen molar-refractivity contribution < 1.29 is 9.53 Å². The normalized spacial score (nSPS) is 11.2. The lowest BCUT2D eigenvalue weighted by Crippen LogP contribution is -2.18. The summed E-state index contributed by atoms with van der Waals surface area (Å²) in [5.74, 6) is 1.95. The summed E-state index contributed by atoms with van der Waals surface area (Å²) in [5.41, 5.74) is 1.38. The zero-order valence-electron chi connectivity index (χ0n) is 16.2. The molecular weight excluding hydrogens is 372 g/mol. The molecule has 1 aromatic carbocycles. The molecule has 9 nitrogen and oxygen atoms in total. The number of hydrogen-bond donors (Lipinski definition) is 3. The molecule has 0 fully saturated rings. The highest BCUT2D eigenvalue weighted by Crippen LogP contribution is 2.25. The van der Waals surface area contributed by atoms with Crippen LogP contribution >= 0.6 is 0 Å². The maximum atomic E-state index is 12.6. The van der Waals surface area contributed by atoms with E-state index >= 15 is 0 Å². The van der Waals surface area contributed by atoms with Crippen LogP contribution in [0.15, 0.2) is 47.4 Å². The molecule has 3 aromatic heterocycles. The monoisotopic (exact) mass is 392 g/mol. The minimum absolute atomic E-state index is 0.210. The molecule has 0 radical (unpaired) electrons. The molecule has 0 aliphatic rings. The van der Waals surface area contributed by atoms with Crippen molar-refractivity contribution in [2.45, 2.75) is 26.7 Å². The van der Waals surface area contributed by atoms with Gasteiger partial charge in [0, 0.05) is 23.3 Å². The highest BCUT2D eigenvalue weighted by Gasteiger charge is 2.13. The topological polar surface area (TPSA) is 118 Å². The summed E-state index contributed by atoms with van der Waals surface area (Å²) in [6.07, 6.45) is 1.68. The fraction of sp³-hybridized carbons (Fsp3) is 0.200. The fourth-order valence-electron chi connectivity index (χ4n) is 2.95. The third-order valence-corrected chi connectivity index (χ3v) is 4.39. The van der Waals surface area contributed by atoms with E-state index in [0.29, 0.717) is 22.9 Å². The number of benzene rings is 1. The quantitative estimate of drug-likeness (QED) is 0.489. The molecule has 0 saturated heterocycles. The Bertz CT molecular complexity index is 1250. The van der Waals surface area contributed by atoms with E-state index in [1.807, 2.05) is 26.0 Å². The number of nitrogens with one attached hydrogen (secondary N) is 3. The molecule has 148 valence electrons. The van der Waals surface area contributed by atoms with E-state index in [4.69, 9.17) is 4.74 Å². The largest absolute Gasteiger partial charge is 0.439 e. The zero-order chi connectivity index (χ0) is 20.5. The van der Waals surface area contributed by atoms with Gasteiger partial charge in [0.2, 0.25) is 5.88 Å². The predicted molar refractivity (Wildman–Crippen MR) is 109 cm³/mol. The van der Waals surface area contributed by atoms with Crippen LogP contribution in [0, 0.1) is 6.92 Å². The number of carbonyl (C=O) groups is 1. The van der Waals surface area contributed by atoms with Gasteiger partial charge < -0.3 is 9.72 Å². The number of fused-ring (bicyclic) bond motifs is 1. The average Bonchev–Trinajstić information content (AvgIpc) is 3.27. The highest BCUT2D eigenvalue weighted by molar-refractivity contribution is 5.98. The number of amides is 1. The molecule has 3 N–H and O–H groups in total. The number of aromatic amines is 2. The number of aryl methyl sites for hydroxylation is 1. The highest BCUT2D eigenvalue weighted by atomic mass is 16.5. The minimum Gasteiger partial charge on any atom is -0.439 e. The second kappa shape index (κ2) is 7.27. The summed E-state index contributed by atoms with van der Waals surface area (Å²) in [5, 5.41) is 10.6. The van der Waals surface area contributed by atoms with Gasteiger partial charge in [0.15, 0.2) is 5.82 Å². The van der Waals surface area contributed by atoms with Gasteiger partial charge in [0.05, 0.1) is 11.6 Å². The molecule has 0 spiro atoms. The van der Waals surface area contributed by atoms with Gasteiger partial charge in [0.1, 0.15) is 11.6 Å². The van der Waals surface area contributed by atoms with Crippen molar-refractivity contribution >= 4 is 22.8 Å². The van der Waals surface area contributed by atoms with Crippen molar-refractivity contribution in [3.05, 3.63) is 64.5 Å². The van der Waals surface area contributed by atoms with Gasteiger partial charge in [-0.2, -0.15) is 5.10 Å². The number of aromatic nitrogens is 5. The maximum Gasteiger partial charge on any atom is 0.331 e. The minimum atomic E-state index is -0.317. The Morgan fingerprint density at radius 1 is 1.21 bits per heavy atom. The average molecular weight is 392 g/mol. The van der Waals surface area contributed by atoms with Gasteiger partial charge in [-0.05, 0) is 37.1 Å². The number of anilines is 1. The van der Waals surface area contributed by atoms with E-state index < -0.39 is 0 Å². The number of nitrogens with zero attached hydrogens (tertiary/aromatic N) is 3. The molecular formula is C20H20N6O3. The van der Waals surface area contributed by atoms with Crippen LogP contribution in [-0.2, 0) is 0 Å². The molecule has 4 aromatic rings. The lowest BCUT2D eigenvalue weighted by atomic mass is 10.1. The maximum absolute atomic E-state index is 12.6. The van der Waals surface area contributed by atoms with Crippen LogP contribution in [0.2, 0.25) is 0 Å². The van der Waals surface area contributed by atoms with Crippen molar-refractivity contribution in [2.75, 3.05) is 5.32 Å². The van der Waals surface area contributed by atoms with Gasteiger partial charge >= 0.3 is 6.03 Å². The zero-order valence-corrected chi connectivity index (χ0v) is 16.2. The van der Waals surface area contributed by atoms with E-state index in [9.17, 15) is 9.59 Å². The fourth-order valence-corrected chi connectivity index (χ4v) is 2.95. The van der Waals surface area contributed by atoms with Gasteiger partial charge in [0.25, 0.3) is 5.56 Å². The number of ether oxygens (including phenoxy) is 1. The molecule has 29 heavy (non-hydrogen) atoms. The molecule has 9 heteroatoms. The predicted octanol–water partition coefficient (Wildman–Crippen LogP) is 3.75. The summed E-state index contributed by atoms with van der Waals surface area (Å²) < 4.78 is 7.18. The van der Waals surface area contributed by atoms with Crippen LogP contribution in [0.5, 0.6) is 11.6 Å². The number of hydrogen-bond acceptors (Lipinski definition) is 5. The Kier molecular flexibility index (Phi) is 4.63. The van der Waals surface area contributed by atoms with E-state index in [-0.39, 0.29) is 23.4 Å². The number of carbonyl (C=O) groups excluding carboxylic acids is 1. The molecule has 0 aliphatic heterocycles. The molecule has 0 saturated carbocycles. The molecule has 1 amide bonds. The van der Waals surface area contributed by atoms with Crippen LogP contribution in [0.1, 0.15) is 31.3 Å². The molecule has 4 rings (SSSR count). The molecule has 0 atom stereocenters. The molecule has 0 bridgehead atoms. The van der Waals surface area contributed by atoms with Crippen LogP contribution in [-0.4, -0.2) is 30.8 Å². The number of rotatable bonds is 4.